The Morgan fingerprint density at radius 1 is 1.25 bits per heavy atom. The normalized spacial score (nSPS) is 17.3. The van der Waals surface area contributed by atoms with Crippen LogP contribution in [0, 0.1) is 5.92 Å². The fourth-order valence-corrected chi connectivity index (χ4v) is 2.12. The molecule has 2 rings (SSSR count). The van der Waals surface area contributed by atoms with Crippen molar-refractivity contribution in [3.63, 3.8) is 0 Å². The summed E-state index contributed by atoms with van der Waals surface area (Å²) in [4.78, 5) is 12.1. The van der Waals surface area contributed by atoms with Gasteiger partial charge in [0.2, 0.25) is 0 Å². The summed E-state index contributed by atoms with van der Waals surface area (Å²) >= 11 is 0. The smallest absolute Gasteiger partial charge is 0.166 e. The Labute approximate surface area is 96.0 Å². The van der Waals surface area contributed by atoms with E-state index in [1.807, 2.05) is 24.3 Å². The van der Waals surface area contributed by atoms with Crippen LogP contribution in [-0.2, 0) is 6.54 Å². The molecule has 0 saturated carbocycles. The number of hydrogen-bond donors (Lipinski definition) is 2. The lowest BCUT2D eigenvalue weighted by Crippen LogP contribution is -2.31. The second-order valence-electron chi connectivity index (χ2n) is 4.29. The predicted octanol–water partition coefficient (Wildman–Crippen LogP) is 1.33. The van der Waals surface area contributed by atoms with Crippen LogP contribution in [0.15, 0.2) is 24.3 Å². The first kappa shape index (κ1) is 11.3. The molecule has 0 spiro atoms. The van der Waals surface area contributed by atoms with E-state index in [0.717, 1.165) is 37.1 Å². The molecule has 0 bridgehead atoms. The third-order valence-electron chi connectivity index (χ3n) is 3.18. The highest BCUT2D eigenvalue weighted by molar-refractivity contribution is 5.97. The molecule has 86 valence electrons. The molecule has 1 aromatic carbocycles. The SMILES string of the molecule is NCc1ccc(C(=O)C2CCNCC2)cc1. The van der Waals surface area contributed by atoms with E-state index < -0.39 is 0 Å². The number of hydrogen-bond acceptors (Lipinski definition) is 3. The fourth-order valence-electron chi connectivity index (χ4n) is 2.12. The van der Waals surface area contributed by atoms with Gasteiger partial charge in [-0.05, 0) is 31.5 Å². The van der Waals surface area contributed by atoms with Crippen molar-refractivity contribution in [1.82, 2.24) is 5.32 Å². The van der Waals surface area contributed by atoms with Gasteiger partial charge in [0.15, 0.2) is 5.78 Å². The number of carbonyl (C=O) groups excluding carboxylic acids is 1. The van der Waals surface area contributed by atoms with Gasteiger partial charge in [0.1, 0.15) is 0 Å². The van der Waals surface area contributed by atoms with Gasteiger partial charge in [-0.3, -0.25) is 4.79 Å². The molecular weight excluding hydrogens is 200 g/mol. The number of benzene rings is 1. The maximum atomic E-state index is 12.1. The zero-order valence-corrected chi connectivity index (χ0v) is 9.41. The Hall–Kier alpha value is -1.19. The van der Waals surface area contributed by atoms with Crippen LogP contribution < -0.4 is 11.1 Å². The first-order chi connectivity index (χ1) is 7.81. The Morgan fingerprint density at radius 2 is 1.88 bits per heavy atom. The van der Waals surface area contributed by atoms with Gasteiger partial charge in [-0.15, -0.1) is 0 Å². The summed E-state index contributed by atoms with van der Waals surface area (Å²) in [6, 6.07) is 7.67. The topological polar surface area (TPSA) is 55.1 Å². The molecule has 0 aliphatic carbocycles. The van der Waals surface area contributed by atoms with Gasteiger partial charge >= 0.3 is 0 Å². The maximum Gasteiger partial charge on any atom is 0.166 e. The highest BCUT2D eigenvalue weighted by Crippen LogP contribution is 2.18. The third kappa shape index (κ3) is 2.49. The zero-order valence-electron chi connectivity index (χ0n) is 9.41. The molecule has 1 saturated heterocycles. The van der Waals surface area contributed by atoms with Crippen LogP contribution in [0.4, 0.5) is 0 Å². The Bertz CT molecular complexity index is 353. The standard InChI is InChI=1S/C13H18N2O/c14-9-10-1-3-11(4-2-10)13(16)12-5-7-15-8-6-12/h1-4,12,15H,5-9,14H2. The number of piperidine rings is 1. The molecule has 1 aliphatic heterocycles. The van der Waals surface area contributed by atoms with Crippen LogP contribution in [0.1, 0.15) is 28.8 Å². The van der Waals surface area contributed by atoms with E-state index >= 15 is 0 Å². The van der Waals surface area contributed by atoms with E-state index in [0.29, 0.717) is 6.54 Å². The molecule has 1 aliphatic rings. The van der Waals surface area contributed by atoms with Crippen molar-refractivity contribution < 1.29 is 4.79 Å². The molecule has 1 aromatic rings. The highest BCUT2D eigenvalue weighted by Gasteiger charge is 2.21. The van der Waals surface area contributed by atoms with Gasteiger partial charge in [0, 0.05) is 18.0 Å². The summed E-state index contributed by atoms with van der Waals surface area (Å²) in [5, 5.41) is 3.27. The summed E-state index contributed by atoms with van der Waals surface area (Å²) in [6.07, 6.45) is 1.91. The number of Topliss-reactive ketones (excluding diaryl/α,β-unsaturated/α-hetero) is 1. The predicted molar refractivity (Wildman–Crippen MR) is 64.3 cm³/mol. The van der Waals surface area contributed by atoms with Gasteiger partial charge in [0.25, 0.3) is 0 Å². The molecule has 0 unspecified atom stereocenters. The summed E-state index contributed by atoms with van der Waals surface area (Å²) in [5.41, 5.74) is 7.42. The fraction of sp³-hybridized carbons (Fsp3) is 0.462. The molecule has 0 amide bonds. The van der Waals surface area contributed by atoms with Crippen LogP contribution in [-0.4, -0.2) is 18.9 Å². The van der Waals surface area contributed by atoms with Crippen LogP contribution in [0.2, 0.25) is 0 Å². The minimum Gasteiger partial charge on any atom is -0.326 e. The van der Waals surface area contributed by atoms with Crippen molar-refractivity contribution in [2.45, 2.75) is 19.4 Å². The highest BCUT2D eigenvalue weighted by atomic mass is 16.1. The van der Waals surface area contributed by atoms with Crippen molar-refractivity contribution in [3.8, 4) is 0 Å². The Morgan fingerprint density at radius 3 is 2.44 bits per heavy atom. The van der Waals surface area contributed by atoms with Crippen molar-refractivity contribution in [1.29, 1.82) is 0 Å². The van der Waals surface area contributed by atoms with Crippen LogP contribution in [0.25, 0.3) is 0 Å². The average molecular weight is 218 g/mol. The minimum atomic E-state index is 0.199. The number of rotatable bonds is 3. The Balaban J connectivity index is 2.07. The van der Waals surface area contributed by atoms with E-state index in [-0.39, 0.29) is 11.7 Å². The molecule has 0 atom stereocenters. The number of nitrogens with one attached hydrogen (secondary N) is 1. The van der Waals surface area contributed by atoms with Crippen molar-refractivity contribution in [2.75, 3.05) is 13.1 Å². The average Bonchev–Trinajstić information content (AvgIpc) is 2.39. The van der Waals surface area contributed by atoms with Gasteiger partial charge < -0.3 is 11.1 Å². The molecule has 1 heterocycles. The molecule has 3 nitrogen and oxygen atoms in total. The molecule has 0 radical (unpaired) electrons. The maximum absolute atomic E-state index is 12.1. The molecule has 1 fully saturated rings. The lowest BCUT2D eigenvalue weighted by Gasteiger charge is -2.21. The van der Waals surface area contributed by atoms with E-state index in [4.69, 9.17) is 5.73 Å². The number of carbonyl (C=O) groups is 1. The second kappa shape index (κ2) is 5.23. The van der Waals surface area contributed by atoms with Crippen LogP contribution in [0.5, 0.6) is 0 Å². The molecule has 3 N–H and O–H groups in total. The van der Waals surface area contributed by atoms with E-state index in [2.05, 4.69) is 5.32 Å². The van der Waals surface area contributed by atoms with Crippen molar-refractivity contribution in [2.24, 2.45) is 11.7 Å². The lowest BCUT2D eigenvalue weighted by molar-refractivity contribution is 0.0895. The molecule has 3 heteroatoms. The van der Waals surface area contributed by atoms with Crippen molar-refractivity contribution in [3.05, 3.63) is 35.4 Å². The summed E-state index contributed by atoms with van der Waals surface area (Å²) in [6.45, 7) is 2.44. The monoisotopic (exact) mass is 218 g/mol. The summed E-state index contributed by atoms with van der Waals surface area (Å²) in [7, 11) is 0. The minimum absolute atomic E-state index is 0.199. The molecule has 0 aromatic heterocycles. The van der Waals surface area contributed by atoms with Gasteiger partial charge in [-0.25, -0.2) is 0 Å². The lowest BCUT2D eigenvalue weighted by atomic mass is 9.89. The van der Waals surface area contributed by atoms with E-state index in [1.165, 1.54) is 0 Å². The van der Waals surface area contributed by atoms with Gasteiger partial charge in [0.05, 0.1) is 0 Å². The Kier molecular flexibility index (Phi) is 3.70. The quantitative estimate of drug-likeness (QED) is 0.752. The van der Waals surface area contributed by atoms with Crippen molar-refractivity contribution >= 4 is 5.78 Å². The number of nitrogens with two attached hydrogens (primary N) is 1. The van der Waals surface area contributed by atoms with Gasteiger partial charge in [-0.1, -0.05) is 24.3 Å². The van der Waals surface area contributed by atoms with Crippen LogP contribution >= 0.6 is 0 Å². The summed E-state index contributed by atoms with van der Waals surface area (Å²) < 4.78 is 0. The third-order valence-corrected chi connectivity index (χ3v) is 3.18. The first-order valence-electron chi connectivity index (χ1n) is 5.85. The largest absolute Gasteiger partial charge is 0.326 e. The second-order valence-corrected chi connectivity index (χ2v) is 4.29. The molecular formula is C13H18N2O. The zero-order chi connectivity index (χ0) is 11.4. The number of ketones is 1. The molecule has 16 heavy (non-hydrogen) atoms. The first-order valence-corrected chi connectivity index (χ1v) is 5.85. The van der Waals surface area contributed by atoms with E-state index in [1.54, 1.807) is 0 Å². The van der Waals surface area contributed by atoms with Gasteiger partial charge in [-0.2, -0.15) is 0 Å². The van der Waals surface area contributed by atoms with E-state index in [9.17, 15) is 4.79 Å². The van der Waals surface area contributed by atoms with Crippen LogP contribution in [0.3, 0.4) is 0 Å². The summed E-state index contributed by atoms with van der Waals surface area (Å²) in [5.74, 6) is 0.482.